The number of aromatic nitrogens is 2. The number of hydrogen-bond acceptors (Lipinski definition) is 2. The minimum Gasteiger partial charge on any atom is -0.266 e. The maximum atomic E-state index is 5.86. The maximum Gasteiger partial charge on any atom is 0.150 e. The molecule has 4 heteroatoms. The molecule has 82 valence electrons. The molecule has 0 atom stereocenters. The van der Waals surface area contributed by atoms with E-state index >= 15 is 0 Å². The van der Waals surface area contributed by atoms with Crippen molar-refractivity contribution in [2.45, 2.75) is 13.8 Å². The number of aryl methyl sites for hydroxylation is 2. The molecule has 2 aromatic rings. The van der Waals surface area contributed by atoms with E-state index in [2.05, 4.69) is 42.2 Å². The molecule has 0 spiro atoms. The molecule has 0 aliphatic carbocycles. The van der Waals surface area contributed by atoms with Gasteiger partial charge in [-0.25, -0.2) is 0 Å². The number of hydrogen-bond donors (Lipinski definition) is 1. The van der Waals surface area contributed by atoms with Gasteiger partial charge in [-0.15, -0.1) is 0 Å². The van der Waals surface area contributed by atoms with Crippen molar-refractivity contribution in [2.24, 2.45) is 0 Å². The second-order valence-electron chi connectivity index (χ2n) is 3.75. The number of nitrogens with zero attached hydrogens (tertiary/aromatic N) is 1. The van der Waals surface area contributed by atoms with Crippen LogP contribution in [0.5, 0.6) is 0 Å². The third-order valence-electron chi connectivity index (χ3n) is 2.44. The molecule has 2 rings (SSSR count). The molecule has 2 nitrogen and oxygen atoms in total. The van der Waals surface area contributed by atoms with E-state index in [1.54, 1.807) is 6.07 Å². The van der Waals surface area contributed by atoms with Gasteiger partial charge in [0.25, 0.3) is 0 Å². The van der Waals surface area contributed by atoms with Crippen LogP contribution in [0.1, 0.15) is 11.1 Å². The zero-order valence-corrected chi connectivity index (χ0v) is 10.6. The quantitative estimate of drug-likeness (QED) is 0.773. The summed E-state index contributed by atoms with van der Waals surface area (Å²) in [5.41, 5.74) is 4.43. The van der Waals surface area contributed by atoms with E-state index in [1.165, 1.54) is 11.1 Å². The zero-order valence-electron chi connectivity index (χ0n) is 9.04. The van der Waals surface area contributed by atoms with Crippen LogP contribution in [-0.2, 0) is 0 Å². The molecule has 0 saturated heterocycles. The summed E-state index contributed by atoms with van der Waals surface area (Å²) >= 11 is 11.1. The minimum atomic E-state index is 0.420. The largest absolute Gasteiger partial charge is 0.266 e. The van der Waals surface area contributed by atoms with Gasteiger partial charge in [0.05, 0.1) is 0 Å². The summed E-state index contributed by atoms with van der Waals surface area (Å²) in [7, 11) is 0. The molecule has 1 aromatic heterocycles. The van der Waals surface area contributed by atoms with Crippen molar-refractivity contribution >= 4 is 23.8 Å². The summed E-state index contributed by atoms with van der Waals surface area (Å²) < 4.78 is 0.608. The highest BCUT2D eigenvalue weighted by Gasteiger charge is 2.05. The Labute approximate surface area is 104 Å². The van der Waals surface area contributed by atoms with E-state index in [-0.39, 0.29) is 0 Å². The first-order valence-corrected chi connectivity index (χ1v) is 5.69. The first-order valence-electron chi connectivity index (χ1n) is 4.91. The Morgan fingerprint density at radius 1 is 1.19 bits per heavy atom. The van der Waals surface area contributed by atoms with Crippen molar-refractivity contribution in [1.29, 1.82) is 0 Å². The average molecular weight is 251 g/mol. The van der Waals surface area contributed by atoms with Crippen molar-refractivity contribution < 1.29 is 0 Å². The van der Waals surface area contributed by atoms with Crippen molar-refractivity contribution in [3.8, 4) is 11.1 Å². The highest BCUT2D eigenvalue weighted by atomic mass is 35.5. The lowest BCUT2D eigenvalue weighted by molar-refractivity contribution is 1.02. The number of halogens is 1. The lowest BCUT2D eigenvalue weighted by Gasteiger charge is -2.07. The van der Waals surface area contributed by atoms with Gasteiger partial charge in [0.1, 0.15) is 9.79 Å². The third-order valence-corrected chi connectivity index (χ3v) is 2.95. The van der Waals surface area contributed by atoms with Crippen molar-refractivity contribution in [3.05, 3.63) is 45.2 Å². The molecule has 1 heterocycles. The summed E-state index contributed by atoms with van der Waals surface area (Å²) in [5.74, 6) is 0. The van der Waals surface area contributed by atoms with E-state index in [9.17, 15) is 0 Å². The molecular formula is C12H11ClN2S. The number of H-pyrrole nitrogens is 1. The van der Waals surface area contributed by atoms with Crippen molar-refractivity contribution in [2.75, 3.05) is 0 Å². The standard InChI is InChI=1S/C12H11ClN2S/c1-7-3-4-9(8(2)5-7)10-6-11(13)14-15-12(10)16/h3-6H,1-2H3,(H,15,16). The molecule has 1 aromatic carbocycles. The Morgan fingerprint density at radius 3 is 2.62 bits per heavy atom. The normalized spacial score (nSPS) is 10.4. The van der Waals surface area contributed by atoms with Crippen LogP contribution in [0.25, 0.3) is 11.1 Å². The number of benzene rings is 1. The minimum absolute atomic E-state index is 0.420. The van der Waals surface area contributed by atoms with Crippen LogP contribution in [0.2, 0.25) is 5.15 Å². The third kappa shape index (κ3) is 2.15. The molecule has 0 unspecified atom stereocenters. The molecule has 0 aliphatic heterocycles. The van der Waals surface area contributed by atoms with Gasteiger partial charge in [-0.1, -0.05) is 47.6 Å². The molecule has 0 amide bonds. The van der Waals surface area contributed by atoms with Gasteiger partial charge in [0.2, 0.25) is 0 Å². The van der Waals surface area contributed by atoms with Gasteiger partial charge in [0, 0.05) is 5.56 Å². The van der Waals surface area contributed by atoms with Crippen LogP contribution < -0.4 is 0 Å². The topological polar surface area (TPSA) is 28.7 Å². The SMILES string of the molecule is Cc1ccc(-c2cc(Cl)n[nH]c2=S)c(C)c1. The average Bonchev–Trinajstić information content (AvgIpc) is 2.22. The number of nitrogens with one attached hydrogen (secondary N) is 1. The maximum absolute atomic E-state index is 5.86. The van der Waals surface area contributed by atoms with Crippen molar-refractivity contribution in [1.82, 2.24) is 10.2 Å². The van der Waals surface area contributed by atoms with Crippen LogP contribution >= 0.6 is 23.8 Å². The molecule has 0 radical (unpaired) electrons. The Hall–Kier alpha value is -1.19. The van der Waals surface area contributed by atoms with E-state index in [4.69, 9.17) is 23.8 Å². The van der Waals surface area contributed by atoms with Gasteiger partial charge in [-0.2, -0.15) is 5.10 Å². The Bertz CT molecular complexity index is 590. The summed E-state index contributed by atoms with van der Waals surface area (Å²) in [6.07, 6.45) is 0. The molecule has 16 heavy (non-hydrogen) atoms. The van der Waals surface area contributed by atoms with E-state index in [1.807, 2.05) is 0 Å². The summed E-state index contributed by atoms with van der Waals surface area (Å²) in [5, 5.41) is 7.01. The van der Waals surface area contributed by atoms with Crippen LogP contribution in [0, 0.1) is 18.5 Å². The summed E-state index contributed by atoms with van der Waals surface area (Å²) in [6.45, 7) is 4.13. The molecule has 0 aliphatic rings. The molecule has 1 N–H and O–H groups in total. The fourth-order valence-corrected chi connectivity index (χ4v) is 2.06. The van der Waals surface area contributed by atoms with Gasteiger partial charge in [-0.3, -0.25) is 5.10 Å². The monoisotopic (exact) mass is 250 g/mol. The Balaban J connectivity index is 2.67. The molecule has 0 fully saturated rings. The lowest BCUT2D eigenvalue weighted by Crippen LogP contribution is -1.90. The predicted octanol–water partition coefficient (Wildman–Crippen LogP) is 4.08. The smallest absolute Gasteiger partial charge is 0.150 e. The van der Waals surface area contributed by atoms with Crippen LogP contribution in [0.3, 0.4) is 0 Å². The highest BCUT2D eigenvalue weighted by Crippen LogP contribution is 2.25. The second-order valence-corrected chi connectivity index (χ2v) is 4.55. The number of aromatic amines is 1. The molecule has 0 bridgehead atoms. The fraction of sp³-hybridized carbons (Fsp3) is 0.167. The van der Waals surface area contributed by atoms with E-state index in [0.717, 1.165) is 11.1 Å². The number of rotatable bonds is 1. The fourth-order valence-electron chi connectivity index (χ4n) is 1.70. The summed E-state index contributed by atoms with van der Waals surface area (Å²) in [4.78, 5) is 0. The zero-order chi connectivity index (χ0) is 11.7. The van der Waals surface area contributed by atoms with Gasteiger partial charge in [0.15, 0.2) is 0 Å². The van der Waals surface area contributed by atoms with Crippen molar-refractivity contribution in [3.63, 3.8) is 0 Å². The summed E-state index contributed by atoms with van der Waals surface area (Å²) in [6, 6.07) is 8.03. The Kier molecular flexibility index (Phi) is 3.08. The van der Waals surface area contributed by atoms with Crippen LogP contribution in [0.4, 0.5) is 0 Å². The van der Waals surface area contributed by atoms with E-state index in [0.29, 0.717) is 9.79 Å². The van der Waals surface area contributed by atoms with Crippen LogP contribution in [-0.4, -0.2) is 10.2 Å². The molecule has 0 saturated carbocycles. The first-order chi connectivity index (χ1) is 7.58. The first kappa shape index (κ1) is 11.3. The van der Waals surface area contributed by atoms with Gasteiger partial charge in [-0.05, 0) is 31.0 Å². The highest BCUT2D eigenvalue weighted by molar-refractivity contribution is 7.71. The Morgan fingerprint density at radius 2 is 1.94 bits per heavy atom. The second kappa shape index (κ2) is 4.36. The van der Waals surface area contributed by atoms with Crippen LogP contribution in [0.15, 0.2) is 24.3 Å². The van der Waals surface area contributed by atoms with Gasteiger partial charge < -0.3 is 0 Å². The van der Waals surface area contributed by atoms with E-state index < -0.39 is 0 Å². The predicted molar refractivity (Wildman–Crippen MR) is 69.3 cm³/mol. The molecular weight excluding hydrogens is 240 g/mol. The van der Waals surface area contributed by atoms with Gasteiger partial charge >= 0.3 is 0 Å². The lowest BCUT2D eigenvalue weighted by atomic mass is 10.0.